The molecule has 0 unspecified atom stereocenters. The number of allylic oxidation sites excluding steroid dienone is 2. The van der Waals surface area contributed by atoms with Crippen LogP contribution in [0.15, 0.2) is 47.3 Å². The van der Waals surface area contributed by atoms with Gasteiger partial charge in [0, 0.05) is 24.2 Å². The fraction of sp³-hybridized carbons (Fsp3) is 0.560. The van der Waals surface area contributed by atoms with E-state index in [1.165, 1.54) is 70.6 Å². The first-order chi connectivity index (χ1) is 13.2. The lowest BCUT2D eigenvalue weighted by atomic mass is 10.1. The lowest BCUT2D eigenvalue weighted by Gasteiger charge is -2.12. The molecule has 2 nitrogen and oxygen atoms in total. The van der Waals surface area contributed by atoms with Crippen molar-refractivity contribution in [1.29, 1.82) is 0 Å². The SMILES string of the molecule is CCCCCC=CCCCCCCCCc1cc(=O)c2ccccc2n1C. The number of hydrogen-bond donors (Lipinski definition) is 0. The highest BCUT2D eigenvalue weighted by atomic mass is 16.1. The molecule has 0 N–H and O–H groups in total. The molecule has 0 spiro atoms. The predicted octanol–water partition coefficient (Wildman–Crippen LogP) is 6.95. The first-order valence-electron chi connectivity index (χ1n) is 11.0. The summed E-state index contributed by atoms with van der Waals surface area (Å²) < 4.78 is 2.18. The van der Waals surface area contributed by atoms with Gasteiger partial charge in [-0.2, -0.15) is 0 Å². The maximum absolute atomic E-state index is 12.3. The molecule has 27 heavy (non-hydrogen) atoms. The Bertz CT molecular complexity index is 756. The van der Waals surface area contributed by atoms with E-state index in [2.05, 4.69) is 30.7 Å². The lowest BCUT2D eigenvalue weighted by molar-refractivity contribution is 0.590. The Morgan fingerprint density at radius 1 is 0.852 bits per heavy atom. The van der Waals surface area contributed by atoms with Crippen LogP contribution in [0.2, 0.25) is 0 Å². The molecule has 2 aromatic rings. The standard InChI is InChI=1S/C25H37NO/c1-3-4-5-6-7-8-9-10-11-12-13-14-15-18-22-21-25(27)23-19-16-17-20-24(23)26(22)2/h7-8,16-17,19-21H,3-6,9-15,18H2,1-2H3. The van der Waals surface area contributed by atoms with Gasteiger partial charge in [0.1, 0.15) is 0 Å². The Balaban J connectivity index is 1.59. The quantitative estimate of drug-likeness (QED) is 0.277. The molecule has 0 saturated carbocycles. The van der Waals surface area contributed by atoms with Crippen LogP contribution in [0, 0.1) is 0 Å². The highest BCUT2D eigenvalue weighted by Gasteiger charge is 2.05. The van der Waals surface area contributed by atoms with E-state index >= 15 is 0 Å². The molecule has 0 aliphatic carbocycles. The molecule has 1 aromatic carbocycles. The van der Waals surface area contributed by atoms with Crippen molar-refractivity contribution in [3.8, 4) is 0 Å². The van der Waals surface area contributed by atoms with Crippen molar-refractivity contribution in [2.45, 2.75) is 84.0 Å². The number of nitrogens with zero attached hydrogens (tertiary/aromatic N) is 1. The first-order valence-corrected chi connectivity index (χ1v) is 11.0. The molecular formula is C25H37NO. The third kappa shape index (κ3) is 7.36. The largest absolute Gasteiger partial charge is 0.347 e. The molecular weight excluding hydrogens is 330 g/mol. The maximum atomic E-state index is 12.3. The monoisotopic (exact) mass is 367 g/mol. The third-order valence-corrected chi connectivity index (χ3v) is 5.45. The van der Waals surface area contributed by atoms with Crippen LogP contribution in [0.1, 0.15) is 83.2 Å². The van der Waals surface area contributed by atoms with Gasteiger partial charge in [-0.25, -0.2) is 0 Å². The molecule has 0 saturated heterocycles. The summed E-state index contributed by atoms with van der Waals surface area (Å²) in [7, 11) is 2.08. The second-order valence-corrected chi connectivity index (χ2v) is 7.70. The summed E-state index contributed by atoms with van der Waals surface area (Å²) in [4.78, 5) is 12.3. The third-order valence-electron chi connectivity index (χ3n) is 5.45. The number of pyridine rings is 1. The topological polar surface area (TPSA) is 22.0 Å². The number of unbranched alkanes of at least 4 members (excludes halogenated alkanes) is 9. The molecule has 0 atom stereocenters. The van der Waals surface area contributed by atoms with Crippen LogP contribution in [-0.4, -0.2) is 4.57 Å². The zero-order chi connectivity index (χ0) is 19.3. The highest BCUT2D eigenvalue weighted by molar-refractivity contribution is 5.79. The zero-order valence-electron chi connectivity index (χ0n) is 17.4. The predicted molar refractivity (Wildman–Crippen MR) is 118 cm³/mol. The van der Waals surface area contributed by atoms with Crippen molar-refractivity contribution < 1.29 is 0 Å². The van der Waals surface area contributed by atoms with Crippen LogP contribution < -0.4 is 5.43 Å². The van der Waals surface area contributed by atoms with E-state index in [1.807, 2.05) is 30.3 Å². The number of para-hydroxylation sites is 1. The Morgan fingerprint density at radius 2 is 1.48 bits per heavy atom. The number of fused-ring (bicyclic) bond motifs is 1. The molecule has 0 aliphatic rings. The van der Waals surface area contributed by atoms with Crippen LogP contribution in [-0.2, 0) is 13.5 Å². The minimum Gasteiger partial charge on any atom is -0.347 e. The summed E-state index contributed by atoms with van der Waals surface area (Å²) >= 11 is 0. The first kappa shape index (κ1) is 21.5. The molecule has 1 heterocycles. The zero-order valence-corrected chi connectivity index (χ0v) is 17.4. The second-order valence-electron chi connectivity index (χ2n) is 7.70. The fourth-order valence-corrected chi connectivity index (χ4v) is 3.72. The number of benzene rings is 1. The Kier molecular flexibility index (Phi) is 9.97. The Labute approximate surface area is 165 Å². The van der Waals surface area contributed by atoms with Gasteiger partial charge in [0.25, 0.3) is 0 Å². The van der Waals surface area contributed by atoms with Gasteiger partial charge in [-0.15, -0.1) is 0 Å². The van der Waals surface area contributed by atoms with E-state index < -0.39 is 0 Å². The molecule has 0 radical (unpaired) electrons. The number of aryl methyl sites for hydroxylation is 2. The minimum absolute atomic E-state index is 0.154. The van der Waals surface area contributed by atoms with Crippen LogP contribution in [0.5, 0.6) is 0 Å². The van der Waals surface area contributed by atoms with Crippen molar-refractivity contribution in [2.24, 2.45) is 7.05 Å². The summed E-state index contributed by atoms with van der Waals surface area (Å²) in [5.41, 5.74) is 2.36. The van der Waals surface area contributed by atoms with Gasteiger partial charge < -0.3 is 4.57 Å². The van der Waals surface area contributed by atoms with E-state index in [-0.39, 0.29) is 5.43 Å². The molecule has 0 fully saturated rings. The van der Waals surface area contributed by atoms with Crippen molar-refractivity contribution in [3.63, 3.8) is 0 Å². The van der Waals surface area contributed by atoms with E-state index in [0.29, 0.717) is 0 Å². The van der Waals surface area contributed by atoms with Gasteiger partial charge in [-0.3, -0.25) is 4.79 Å². The van der Waals surface area contributed by atoms with E-state index in [0.717, 1.165) is 23.0 Å². The summed E-state index contributed by atoms with van der Waals surface area (Å²) in [6.07, 6.45) is 20.0. The summed E-state index contributed by atoms with van der Waals surface area (Å²) in [6.45, 7) is 2.26. The van der Waals surface area contributed by atoms with Crippen LogP contribution in [0.25, 0.3) is 10.9 Å². The number of hydrogen-bond acceptors (Lipinski definition) is 1. The number of aromatic nitrogens is 1. The molecule has 0 aliphatic heterocycles. The average molecular weight is 368 g/mol. The van der Waals surface area contributed by atoms with Gasteiger partial charge in [0.15, 0.2) is 5.43 Å². The van der Waals surface area contributed by atoms with Gasteiger partial charge in [-0.05, 0) is 50.7 Å². The lowest BCUT2D eigenvalue weighted by Crippen LogP contribution is -2.11. The highest BCUT2D eigenvalue weighted by Crippen LogP contribution is 2.14. The van der Waals surface area contributed by atoms with E-state index in [1.54, 1.807) is 0 Å². The maximum Gasteiger partial charge on any atom is 0.189 e. The molecule has 2 heteroatoms. The normalized spacial score (nSPS) is 11.6. The summed E-state index contributed by atoms with van der Waals surface area (Å²) in [6, 6.07) is 9.73. The molecule has 1 aromatic heterocycles. The minimum atomic E-state index is 0.154. The van der Waals surface area contributed by atoms with Gasteiger partial charge in [0.2, 0.25) is 0 Å². The summed E-state index contributed by atoms with van der Waals surface area (Å²) in [5.74, 6) is 0. The molecule has 0 bridgehead atoms. The fourth-order valence-electron chi connectivity index (χ4n) is 3.72. The van der Waals surface area contributed by atoms with Crippen molar-refractivity contribution in [3.05, 3.63) is 58.4 Å². The molecule has 2 rings (SSSR count). The number of rotatable bonds is 13. The molecule has 0 amide bonds. The Morgan fingerprint density at radius 3 is 2.22 bits per heavy atom. The van der Waals surface area contributed by atoms with Gasteiger partial charge in [0.05, 0.1) is 5.52 Å². The van der Waals surface area contributed by atoms with E-state index in [4.69, 9.17) is 0 Å². The average Bonchev–Trinajstić information content (AvgIpc) is 2.69. The van der Waals surface area contributed by atoms with Crippen LogP contribution in [0.4, 0.5) is 0 Å². The van der Waals surface area contributed by atoms with Gasteiger partial charge >= 0.3 is 0 Å². The molecule has 148 valence electrons. The van der Waals surface area contributed by atoms with Crippen LogP contribution in [0.3, 0.4) is 0 Å². The van der Waals surface area contributed by atoms with Gasteiger partial charge in [-0.1, -0.05) is 69.7 Å². The second kappa shape index (κ2) is 12.5. The van der Waals surface area contributed by atoms with Crippen LogP contribution >= 0.6 is 0 Å². The van der Waals surface area contributed by atoms with Crippen molar-refractivity contribution in [2.75, 3.05) is 0 Å². The van der Waals surface area contributed by atoms with Crippen molar-refractivity contribution in [1.82, 2.24) is 4.57 Å². The Hall–Kier alpha value is -1.83. The van der Waals surface area contributed by atoms with Crippen molar-refractivity contribution >= 4 is 10.9 Å². The smallest absolute Gasteiger partial charge is 0.189 e. The van der Waals surface area contributed by atoms with E-state index in [9.17, 15) is 4.79 Å². The summed E-state index contributed by atoms with van der Waals surface area (Å²) in [5, 5.41) is 0.822.